The first-order valence-corrected chi connectivity index (χ1v) is 18.1. The lowest BCUT2D eigenvalue weighted by molar-refractivity contribution is 0.485. The first-order valence-electron chi connectivity index (χ1n) is 18.1. The zero-order valence-electron chi connectivity index (χ0n) is 28.7. The molecule has 0 bridgehead atoms. The first-order chi connectivity index (χ1) is 25.1. The second-order valence-corrected chi connectivity index (χ2v) is 14.8. The van der Waals surface area contributed by atoms with Crippen LogP contribution in [0.1, 0.15) is 36.1 Å². The normalized spacial score (nSPS) is 14.9. The summed E-state index contributed by atoms with van der Waals surface area (Å²) in [6.45, 7) is 4.87. The minimum Gasteiger partial charge on any atom is -0.458 e. The third-order valence-corrected chi connectivity index (χ3v) is 11.8. The van der Waals surface area contributed by atoms with E-state index >= 15 is 0 Å². The Morgan fingerprint density at radius 3 is 1.96 bits per heavy atom. The van der Waals surface area contributed by atoms with Crippen molar-refractivity contribution in [2.75, 3.05) is 9.80 Å². The summed E-state index contributed by atoms with van der Waals surface area (Å²) in [4.78, 5) is 4.86. The smallest absolute Gasteiger partial charge is 0.256 e. The van der Waals surface area contributed by atoms with E-state index in [4.69, 9.17) is 4.74 Å². The van der Waals surface area contributed by atoms with Crippen LogP contribution in [0.25, 0.3) is 11.1 Å². The van der Waals surface area contributed by atoms with E-state index in [0.717, 1.165) is 41.4 Å². The number of para-hydroxylation sites is 4. The lowest BCUT2D eigenvalue weighted by Gasteiger charge is -2.43. The minimum atomic E-state index is -0.206. The van der Waals surface area contributed by atoms with Gasteiger partial charge in [0.15, 0.2) is 0 Å². The van der Waals surface area contributed by atoms with Gasteiger partial charge in [0.1, 0.15) is 11.5 Å². The highest BCUT2D eigenvalue weighted by molar-refractivity contribution is 6.99. The van der Waals surface area contributed by atoms with Crippen LogP contribution < -0.4 is 30.9 Å². The van der Waals surface area contributed by atoms with Gasteiger partial charge >= 0.3 is 0 Å². The fourth-order valence-corrected chi connectivity index (χ4v) is 9.28. The molecule has 0 fully saturated rings. The van der Waals surface area contributed by atoms with Gasteiger partial charge in [-0.3, -0.25) is 0 Å². The predicted molar refractivity (Wildman–Crippen MR) is 212 cm³/mol. The molecule has 2 aliphatic heterocycles. The zero-order valence-corrected chi connectivity index (χ0v) is 28.7. The number of fused-ring (bicyclic) bond motifs is 9. The average molecular weight is 655 g/mol. The maximum atomic E-state index is 7.04. The van der Waals surface area contributed by atoms with E-state index in [1.54, 1.807) is 0 Å². The van der Waals surface area contributed by atoms with Gasteiger partial charge in [-0.1, -0.05) is 98.8 Å². The van der Waals surface area contributed by atoms with Crippen LogP contribution in [0.5, 0.6) is 11.5 Å². The Morgan fingerprint density at radius 1 is 0.588 bits per heavy atom. The third-order valence-electron chi connectivity index (χ3n) is 11.8. The number of nitrogens with zero attached hydrogens (tertiary/aromatic N) is 2. The largest absolute Gasteiger partial charge is 0.458 e. The van der Waals surface area contributed by atoms with Crippen molar-refractivity contribution in [3.05, 3.63) is 174 Å². The van der Waals surface area contributed by atoms with Crippen molar-refractivity contribution in [2.45, 2.75) is 32.1 Å². The number of rotatable bonds is 4. The van der Waals surface area contributed by atoms with Crippen molar-refractivity contribution in [3.8, 4) is 22.6 Å². The Hall–Kier alpha value is -6.00. The monoisotopic (exact) mass is 654 g/mol. The van der Waals surface area contributed by atoms with Crippen molar-refractivity contribution in [1.82, 2.24) is 0 Å². The molecule has 0 unspecified atom stereocenters. The van der Waals surface area contributed by atoms with Crippen LogP contribution in [0.15, 0.2) is 152 Å². The van der Waals surface area contributed by atoms with E-state index in [-0.39, 0.29) is 12.1 Å². The molecule has 0 aromatic heterocycles. The fourth-order valence-electron chi connectivity index (χ4n) is 9.28. The topological polar surface area (TPSA) is 15.7 Å². The van der Waals surface area contributed by atoms with E-state index in [1.165, 1.54) is 66.8 Å². The van der Waals surface area contributed by atoms with Crippen molar-refractivity contribution < 1.29 is 4.74 Å². The van der Waals surface area contributed by atoms with Crippen LogP contribution >= 0.6 is 0 Å². The van der Waals surface area contributed by atoms with E-state index in [9.17, 15) is 0 Å². The first kappa shape index (κ1) is 28.8. The SMILES string of the molecule is CC1(C)c2cc(N(c3ccccc3)c3ccccc3)ccc2-c2cc3c(cc21)B1c2ccccc2N(c2ccccc2)c2c4c(cc(c21)O3)CC4. The van der Waals surface area contributed by atoms with Gasteiger partial charge in [-0.05, 0) is 129 Å². The summed E-state index contributed by atoms with van der Waals surface area (Å²) in [7, 11) is 0. The number of hydrogen-bond acceptors (Lipinski definition) is 3. The number of benzene rings is 7. The summed E-state index contributed by atoms with van der Waals surface area (Å²) in [5, 5.41) is 0. The standard InChI is InChI=1S/C47H35BN2O/c1-47(2)38-27-34(49(31-14-6-3-7-15-31)32-16-8-4-9-17-32)23-25-36(38)37-28-43-41(29-39(37)47)48-40-20-12-13-21-42(40)50(33-18-10-5-11-19-33)46-35-24-22-30(35)26-44(51-43)45(46)48/h3-21,23,25-29H,22,24H2,1-2H3. The van der Waals surface area contributed by atoms with E-state index in [1.807, 2.05) is 0 Å². The molecule has 11 rings (SSSR count). The molecule has 0 spiro atoms. The Morgan fingerprint density at radius 2 is 1.25 bits per heavy atom. The number of anilines is 6. The quantitative estimate of drug-likeness (QED) is 0.176. The molecule has 4 aliphatic rings. The van der Waals surface area contributed by atoms with Crippen LogP contribution in [-0.4, -0.2) is 6.71 Å². The van der Waals surface area contributed by atoms with Gasteiger partial charge in [-0.2, -0.15) is 0 Å². The number of ether oxygens (including phenoxy) is 1. The van der Waals surface area contributed by atoms with Crippen molar-refractivity contribution in [3.63, 3.8) is 0 Å². The van der Waals surface area contributed by atoms with Gasteiger partial charge in [-0.15, -0.1) is 0 Å². The Labute approximate surface area is 299 Å². The molecule has 4 heteroatoms. The summed E-state index contributed by atoms with van der Waals surface area (Å²) in [5.41, 5.74) is 19.0. The molecule has 0 atom stereocenters. The molecule has 0 radical (unpaired) electrons. The van der Waals surface area contributed by atoms with Crippen LogP contribution in [0, 0.1) is 0 Å². The second-order valence-electron chi connectivity index (χ2n) is 14.8. The van der Waals surface area contributed by atoms with E-state index in [2.05, 4.69) is 175 Å². The molecule has 3 nitrogen and oxygen atoms in total. The zero-order chi connectivity index (χ0) is 33.8. The fraction of sp³-hybridized carbons (Fsp3) is 0.106. The Kier molecular flexibility index (Phi) is 5.93. The highest BCUT2D eigenvalue weighted by Crippen LogP contribution is 2.53. The van der Waals surface area contributed by atoms with Gasteiger partial charge in [0.25, 0.3) is 6.71 Å². The average Bonchev–Trinajstić information content (AvgIpc) is 3.37. The molecular weight excluding hydrogens is 619 g/mol. The molecular formula is C47H35BN2O. The van der Waals surface area contributed by atoms with Crippen LogP contribution in [-0.2, 0) is 18.3 Å². The van der Waals surface area contributed by atoms with Crippen LogP contribution in [0.3, 0.4) is 0 Å². The number of hydrogen-bond donors (Lipinski definition) is 0. The summed E-state index contributed by atoms with van der Waals surface area (Å²) in [6.07, 6.45) is 2.19. The lowest BCUT2D eigenvalue weighted by Crippen LogP contribution is -2.60. The van der Waals surface area contributed by atoms with E-state index in [0.29, 0.717) is 0 Å². The molecule has 7 aromatic carbocycles. The molecule has 0 saturated carbocycles. The molecule has 51 heavy (non-hydrogen) atoms. The van der Waals surface area contributed by atoms with Crippen molar-refractivity contribution in [2.24, 2.45) is 0 Å². The van der Waals surface area contributed by atoms with Gasteiger partial charge in [0.2, 0.25) is 0 Å². The van der Waals surface area contributed by atoms with Crippen LogP contribution in [0.4, 0.5) is 34.1 Å². The number of aryl methyl sites for hydroxylation is 1. The molecule has 2 aliphatic carbocycles. The predicted octanol–water partition coefficient (Wildman–Crippen LogP) is 9.97. The minimum absolute atomic E-state index is 0.0906. The third kappa shape index (κ3) is 4.02. The summed E-state index contributed by atoms with van der Waals surface area (Å²) in [5.74, 6) is 1.98. The van der Waals surface area contributed by atoms with Gasteiger partial charge in [0.05, 0.1) is 0 Å². The molecule has 7 aromatic rings. The second kappa shape index (κ2) is 10.5. The molecule has 0 saturated heterocycles. The van der Waals surface area contributed by atoms with E-state index < -0.39 is 0 Å². The summed E-state index contributed by atoms with van der Waals surface area (Å²) in [6, 6.07) is 55.4. The maximum Gasteiger partial charge on any atom is 0.256 e. The molecule has 242 valence electrons. The summed E-state index contributed by atoms with van der Waals surface area (Å²) < 4.78 is 7.04. The Bertz CT molecular complexity index is 2510. The molecule has 2 heterocycles. The summed E-state index contributed by atoms with van der Waals surface area (Å²) >= 11 is 0. The van der Waals surface area contributed by atoms with Crippen molar-refractivity contribution >= 4 is 57.2 Å². The molecule has 0 N–H and O–H groups in total. The van der Waals surface area contributed by atoms with Gasteiger partial charge in [-0.25, -0.2) is 0 Å². The lowest BCUT2D eigenvalue weighted by atomic mass is 9.33. The maximum absolute atomic E-state index is 7.04. The van der Waals surface area contributed by atoms with Crippen LogP contribution in [0.2, 0.25) is 0 Å². The highest BCUT2D eigenvalue weighted by atomic mass is 16.5. The van der Waals surface area contributed by atoms with Gasteiger partial charge < -0.3 is 14.5 Å². The van der Waals surface area contributed by atoms with Crippen molar-refractivity contribution in [1.29, 1.82) is 0 Å². The molecule has 0 amide bonds. The highest BCUT2D eigenvalue weighted by Gasteiger charge is 2.46. The van der Waals surface area contributed by atoms with Gasteiger partial charge in [0, 0.05) is 39.5 Å². The Balaban J connectivity index is 1.09.